The molecule has 1 atom stereocenters. The first kappa shape index (κ1) is 14.8. The van der Waals surface area contributed by atoms with E-state index in [1.807, 2.05) is 19.1 Å². The van der Waals surface area contributed by atoms with Gasteiger partial charge in [-0.2, -0.15) is 0 Å². The summed E-state index contributed by atoms with van der Waals surface area (Å²) in [6.45, 7) is 7.22. The first-order chi connectivity index (χ1) is 9.56. The van der Waals surface area contributed by atoms with Crippen LogP contribution in [0.4, 0.5) is 5.69 Å². The van der Waals surface area contributed by atoms with E-state index in [-0.39, 0.29) is 11.9 Å². The van der Waals surface area contributed by atoms with Gasteiger partial charge in [-0.1, -0.05) is 12.1 Å². The average molecular weight is 276 g/mol. The van der Waals surface area contributed by atoms with E-state index >= 15 is 0 Å². The molecule has 1 aliphatic rings. The van der Waals surface area contributed by atoms with Gasteiger partial charge in [0.25, 0.3) is 5.91 Å². The highest BCUT2D eigenvalue weighted by Gasteiger charge is 2.18. The zero-order valence-electron chi connectivity index (χ0n) is 12.3. The van der Waals surface area contributed by atoms with Crippen LogP contribution in [0.25, 0.3) is 0 Å². The molecular weight excluding hydrogens is 252 g/mol. The van der Waals surface area contributed by atoms with E-state index in [2.05, 4.69) is 22.2 Å². The summed E-state index contributed by atoms with van der Waals surface area (Å²) in [6.07, 6.45) is 0. The Morgan fingerprint density at radius 3 is 2.60 bits per heavy atom. The van der Waals surface area contributed by atoms with Crippen LogP contribution in [0.3, 0.4) is 0 Å². The number of hydrogen-bond acceptors (Lipinski definition) is 4. The third kappa shape index (κ3) is 3.95. The Morgan fingerprint density at radius 1 is 1.30 bits per heavy atom. The molecule has 1 aromatic rings. The predicted molar refractivity (Wildman–Crippen MR) is 81.7 cm³/mol. The molecular formula is C15H24N4O. The summed E-state index contributed by atoms with van der Waals surface area (Å²) in [5.41, 5.74) is 6.90. The van der Waals surface area contributed by atoms with E-state index in [0.717, 1.165) is 32.7 Å². The molecule has 110 valence electrons. The average Bonchev–Trinajstić information content (AvgIpc) is 2.41. The van der Waals surface area contributed by atoms with Crippen molar-refractivity contribution in [1.29, 1.82) is 0 Å². The second kappa shape index (κ2) is 6.72. The van der Waals surface area contributed by atoms with Crippen molar-refractivity contribution >= 4 is 11.6 Å². The van der Waals surface area contributed by atoms with E-state index in [1.165, 1.54) is 0 Å². The Labute approximate surface area is 120 Å². The number of rotatable bonds is 4. The molecule has 0 spiro atoms. The van der Waals surface area contributed by atoms with Gasteiger partial charge in [0.1, 0.15) is 0 Å². The van der Waals surface area contributed by atoms with Crippen LogP contribution in [0.1, 0.15) is 17.3 Å². The summed E-state index contributed by atoms with van der Waals surface area (Å²) in [7, 11) is 2.14. The summed E-state index contributed by atoms with van der Waals surface area (Å²) >= 11 is 0. The minimum absolute atomic E-state index is 0.0928. The number of hydrogen-bond donors (Lipinski definition) is 2. The topological polar surface area (TPSA) is 61.6 Å². The van der Waals surface area contributed by atoms with Crippen LogP contribution in [0.5, 0.6) is 0 Å². The molecule has 0 radical (unpaired) electrons. The lowest BCUT2D eigenvalue weighted by atomic mass is 10.1. The minimum atomic E-state index is -0.0928. The summed E-state index contributed by atoms with van der Waals surface area (Å²) in [6, 6.07) is 7.29. The lowest BCUT2D eigenvalue weighted by Gasteiger charge is -2.34. The van der Waals surface area contributed by atoms with Gasteiger partial charge in [-0.05, 0) is 26.1 Å². The number of piperazine rings is 1. The standard InChI is InChI=1S/C15H24N4O/c1-12(11-19-9-7-18(2)8-10-19)17-15(20)13-5-3-4-6-14(13)16/h3-6,12H,7-11,16H2,1-2H3,(H,17,20). The molecule has 0 aromatic heterocycles. The summed E-state index contributed by atoms with van der Waals surface area (Å²) in [5.74, 6) is -0.0928. The number of para-hydroxylation sites is 1. The van der Waals surface area contributed by atoms with Crippen LogP contribution < -0.4 is 11.1 Å². The number of nitrogen functional groups attached to an aromatic ring is 1. The molecule has 0 bridgehead atoms. The van der Waals surface area contributed by atoms with Gasteiger partial charge in [-0.25, -0.2) is 0 Å². The zero-order valence-corrected chi connectivity index (χ0v) is 12.3. The van der Waals surface area contributed by atoms with Gasteiger partial charge in [-0.15, -0.1) is 0 Å². The van der Waals surface area contributed by atoms with E-state index in [9.17, 15) is 4.79 Å². The fourth-order valence-corrected chi connectivity index (χ4v) is 2.47. The Kier molecular flexibility index (Phi) is 4.98. The highest BCUT2D eigenvalue weighted by atomic mass is 16.1. The van der Waals surface area contributed by atoms with Gasteiger partial charge in [0, 0.05) is 44.5 Å². The Morgan fingerprint density at radius 2 is 1.95 bits per heavy atom. The fourth-order valence-electron chi connectivity index (χ4n) is 2.47. The molecule has 20 heavy (non-hydrogen) atoms. The molecule has 1 saturated heterocycles. The molecule has 5 nitrogen and oxygen atoms in total. The van der Waals surface area contributed by atoms with E-state index in [1.54, 1.807) is 12.1 Å². The van der Waals surface area contributed by atoms with Crippen molar-refractivity contribution in [2.75, 3.05) is 45.5 Å². The van der Waals surface area contributed by atoms with Crippen LogP contribution in [-0.4, -0.2) is 61.5 Å². The first-order valence-electron chi connectivity index (χ1n) is 7.12. The van der Waals surface area contributed by atoms with Crippen LogP contribution in [0.2, 0.25) is 0 Å². The molecule has 1 fully saturated rings. The third-order valence-electron chi connectivity index (χ3n) is 3.71. The van der Waals surface area contributed by atoms with Gasteiger partial charge >= 0.3 is 0 Å². The predicted octanol–water partition coefficient (Wildman–Crippen LogP) is 0.635. The monoisotopic (exact) mass is 276 g/mol. The smallest absolute Gasteiger partial charge is 0.253 e. The Bertz CT molecular complexity index is 455. The Balaban J connectivity index is 1.84. The van der Waals surface area contributed by atoms with Crippen molar-refractivity contribution in [2.24, 2.45) is 0 Å². The molecule has 1 aliphatic heterocycles. The number of nitrogens with zero attached hydrogens (tertiary/aromatic N) is 2. The zero-order chi connectivity index (χ0) is 14.5. The molecule has 0 aliphatic carbocycles. The lowest BCUT2D eigenvalue weighted by molar-refractivity contribution is 0.0915. The SMILES string of the molecule is CC(CN1CCN(C)CC1)NC(=O)c1ccccc1N. The number of benzene rings is 1. The molecule has 5 heteroatoms. The molecule has 1 unspecified atom stereocenters. The maximum Gasteiger partial charge on any atom is 0.253 e. The van der Waals surface area contributed by atoms with Crippen molar-refractivity contribution in [3.05, 3.63) is 29.8 Å². The van der Waals surface area contributed by atoms with E-state index in [0.29, 0.717) is 11.3 Å². The largest absolute Gasteiger partial charge is 0.398 e. The summed E-state index contributed by atoms with van der Waals surface area (Å²) in [4.78, 5) is 16.9. The molecule has 2 rings (SSSR count). The van der Waals surface area contributed by atoms with Crippen molar-refractivity contribution in [3.8, 4) is 0 Å². The van der Waals surface area contributed by atoms with E-state index < -0.39 is 0 Å². The number of likely N-dealkylation sites (N-methyl/N-ethyl adjacent to an activating group) is 1. The van der Waals surface area contributed by atoms with Crippen LogP contribution in [-0.2, 0) is 0 Å². The van der Waals surface area contributed by atoms with Crippen LogP contribution >= 0.6 is 0 Å². The molecule has 3 N–H and O–H groups in total. The van der Waals surface area contributed by atoms with Gasteiger partial charge in [0.05, 0.1) is 5.56 Å². The van der Waals surface area contributed by atoms with Crippen molar-refractivity contribution in [1.82, 2.24) is 15.1 Å². The molecule has 1 aromatic carbocycles. The minimum Gasteiger partial charge on any atom is -0.398 e. The maximum absolute atomic E-state index is 12.2. The molecule has 1 amide bonds. The third-order valence-corrected chi connectivity index (χ3v) is 3.71. The molecule has 1 heterocycles. The number of amides is 1. The number of nitrogens with two attached hydrogens (primary N) is 1. The number of carbonyl (C=O) groups is 1. The molecule has 0 saturated carbocycles. The van der Waals surface area contributed by atoms with Gasteiger partial charge in [0.15, 0.2) is 0 Å². The second-order valence-corrected chi connectivity index (χ2v) is 5.57. The second-order valence-electron chi connectivity index (χ2n) is 5.57. The van der Waals surface area contributed by atoms with Gasteiger partial charge < -0.3 is 16.0 Å². The number of nitrogens with one attached hydrogen (secondary N) is 1. The fraction of sp³-hybridized carbons (Fsp3) is 0.533. The number of carbonyl (C=O) groups excluding carboxylic acids is 1. The maximum atomic E-state index is 12.2. The summed E-state index contributed by atoms with van der Waals surface area (Å²) in [5, 5.41) is 3.02. The normalized spacial score (nSPS) is 18.7. The first-order valence-corrected chi connectivity index (χ1v) is 7.12. The van der Waals surface area contributed by atoms with Crippen molar-refractivity contribution in [2.45, 2.75) is 13.0 Å². The lowest BCUT2D eigenvalue weighted by Crippen LogP contribution is -2.49. The quantitative estimate of drug-likeness (QED) is 0.792. The van der Waals surface area contributed by atoms with Crippen LogP contribution in [0, 0.1) is 0 Å². The van der Waals surface area contributed by atoms with Gasteiger partial charge in [-0.3, -0.25) is 9.69 Å². The van der Waals surface area contributed by atoms with Crippen molar-refractivity contribution in [3.63, 3.8) is 0 Å². The van der Waals surface area contributed by atoms with E-state index in [4.69, 9.17) is 5.73 Å². The number of anilines is 1. The highest BCUT2D eigenvalue weighted by molar-refractivity contribution is 5.99. The van der Waals surface area contributed by atoms with Crippen LogP contribution in [0.15, 0.2) is 24.3 Å². The highest BCUT2D eigenvalue weighted by Crippen LogP contribution is 2.10. The summed E-state index contributed by atoms with van der Waals surface area (Å²) < 4.78 is 0. The van der Waals surface area contributed by atoms with Crippen molar-refractivity contribution < 1.29 is 4.79 Å². The van der Waals surface area contributed by atoms with Gasteiger partial charge in [0.2, 0.25) is 0 Å². The Hall–Kier alpha value is -1.59.